The summed E-state index contributed by atoms with van der Waals surface area (Å²) in [6.45, 7) is 4.32. The maximum absolute atomic E-state index is 12.6. The van der Waals surface area contributed by atoms with Crippen molar-refractivity contribution in [3.05, 3.63) is 53.9 Å². The minimum atomic E-state index is -0.328. The highest BCUT2D eigenvalue weighted by Crippen LogP contribution is 2.18. The molecular weight excluding hydrogens is 370 g/mol. The number of rotatable bonds is 7. The van der Waals surface area contributed by atoms with Gasteiger partial charge >= 0.3 is 0 Å². The number of likely N-dealkylation sites (tertiary alicyclic amines) is 1. The number of nitrogens with zero attached hydrogens (tertiary/aromatic N) is 2. The van der Waals surface area contributed by atoms with Gasteiger partial charge in [-0.05, 0) is 55.2 Å². The average molecular weight is 397 g/mol. The van der Waals surface area contributed by atoms with Crippen molar-refractivity contribution < 1.29 is 19.1 Å². The molecule has 0 unspecified atom stereocenters. The van der Waals surface area contributed by atoms with Crippen molar-refractivity contribution in [1.82, 2.24) is 15.2 Å². The normalized spacial score (nSPS) is 14.3. The van der Waals surface area contributed by atoms with Gasteiger partial charge in [-0.3, -0.25) is 9.59 Å². The summed E-state index contributed by atoms with van der Waals surface area (Å²) in [4.78, 5) is 31.1. The number of benzene rings is 1. The first kappa shape index (κ1) is 20.6. The predicted octanol–water partition coefficient (Wildman–Crippen LogP) is 2.77. The van der Waals surface area contributed by atoms with E-state index in [4.69, 9.17) is 9.47 Å². The Bertz CT molecular complexity index is 830. The molecule has 2 aromatic rings. The fraction of sp³-hybridized carbons (Fsp3) is 0.409. The summed E-state index contributed by atoms with van der Waals surface area (Å²) in [5.74, 6) is 1.65. The number of hydrogen-bond acceptors (Lipinski definition) is 5. The number of hydrogen-bond donors (Lipinski definition) is 1. The molecule has 0 atom stereocenters. The van der Waals surface area contributed by atoms with Crippen LogP contribution in [0.4, 0.5) is 0 Å². The second kappa shape index (κ2) is 9.91. The molecule has 2 amide bonds. The van der Waals surface area contributed by atoms with Crippen LogP contribution in [0.2, 0.25) is 0 Å². The molecule has 1 N–H and O–H groups in total. The van der Waals surface area contributed by atoms with Crippen molar-refractivity contribution >= 4 is 11.8 Å². The highest BCUT2D eigenvalue weighted by Gasteiger charge is 2.23. The van der Waals surface area contributed by atoms with Gasteiger partial charge in [-0.2, -0.15) is 0 Å². The van der Waals surface area contributed by atoms with Crippen LogP contribution in [-0.4, -0.2) is 55.0 Å². The topological polar surface area (TPSA) is 80.8 Å². The highest BCUT2D eigenvalue weighted by atomic mass is 16.5. The van der Waals surface area contributed by atoms with Crippen LogP contribution < -0.4 is 14.8 Å². The SMILES string of the molecule is COc1ccc(OCCNC(=O)c2cccc(C(=O)N3CCC(C)CC3)n2)cc1. The molecule has 0 aliphatic carbocycles. The molecule has 0 radical (unpaired) electrons. The number of amides is 2. The van der Waals surface area contributed by atoms with Crippen LogP contribution >= 0.6 is 0 Å². The van der Waals surface area contributed by atoms with E-state index in [2.05, 4.69) is 17.2 Å². The van der Waals surface area contributed by atoms with E-state index >= 15 is 0 Å². The summed E-state index contributed by atoms with van der Waals surface area (Å²) in [5, 5.41) is 2.77. The Morgan fingerprint density at radius 2 is 1.72 bits per heavy atom. The summed E-state index contributed by atoms with van der Waals surface area (Å²) < 4.78 is 10.7. The monoisotopic (exact) mass is 397 g/mol. The van der Waals surface area contributed by atoms with Crippen LogP contribution in [0.5, 0.6) is 11.5 Å². The van der Waals surface area contributed by atoms with Gasteiger partial charge in [0.05, 0.1) is 13.7 Å². The van der Waals surface area contributed by atoms with Gasteiger partial charge in [0.25, 0.3) is 11.8 Å². The summed E-state index contributed by atoms with van der Waals surface area (Å²) in [6, 6.07) is 12.2. The van der Waals surface area contributed by atoms with E-state index in [1.165, 1.54) is 0 Å². The third-order valence-electron chi connectivity index (χ3n) is 4.99. The van der Waals surface area contributed by atoms with Gasteiger partial charge in [0.15, 0.2) is 0 Å². The van der Waals surface area contributed by atoms with Crippen molar-refractivity contribution in [2.45, 2.75) is 19.8 Å². The standard InChI is InChI=1S/C22H27N3O4/c1-16-10-13-25(14-11-16)22(27)20-5-3-4-19(24-20)21(26)23-12-15-29-18-8-6-17(28-2)7-9-18/h3-9,16H,10-15H2,1-2H3,(H,23,26). The van der Waals surface area contributed by atoms with Crippen molar-refractivity contribution in [2.24, 2.45) is 5.92 Å². The summed E-state index contributed by atoms with van der Waals surface area (Å²) in [5.41, 5.74) is 0.535. The predicted molar refractivity (Wildman–Crippen MR) is 109 cm³/mol. The van der Waals surface area contributed by atoms with Crippen LogP contribution in [-0.2, 0) is 0 Å². The second-order valence-electron chi connectivity index (χ2n) is 7.16. The third-order valence-corrected chi connectivity index (χ3v) is 4.99. The molecule has 1 fully saturated rings. The number of carbonyl (C=O) groups is 2. The molecule has 1 aliphatic heterocycles. The van der Waals surface area contributed by atoms with E-state index < -0.39 is 0 Å². The summed E-state index contributed by atoms with van der Waals surface area (Å²) in [6.07, 6.45) is 2.00. The van der Waals surface area contributed by atoms with E-state index in [-0.39, 0.29) is 17.5 Å². The minimum Gasteiger partial charge on any atom is -0.497 e. The zero-order chi connectivity index (χ0) is 20.6. The van der Waals surface area contributed by atoms with Gasteiger partial charge in [0, 0.05) is 13.1 Å². The Labute approximate surface area is 171 Å². The molecule has 7 heteroatoms. The molecule has 154 valence electrons. The van der Waals surface area contributed by atoms with E-state index in [1.54, 1.807) is 37.4 Å². The molecule has 3 rings (SSSR count). The molecule has 29 heavy (non-hydrogen) atoms. The zero-order valence-corrected chi connectivity index (χ0v) is 16.9. The Morgan fingerprint density at radius 1 is 1.07 bits per heavy atom. The summed E-state index contributed by atoms with van der Waals surface area (Å²) >= 11 is 0. The molecule has 0 bridgehead atoms. The van der Waals surface area contributed by atoms with Gasteiger partial charge in [-0.25, -0.2) is 4.98 Å². The Morgan fingerprint density at radius 3 is 2.41 bits per heavy atom. The fourth-order valence-corrected chi connectivity index (χ4v) is 3.15. The van der Waals surface area contributed by atoms with Crippen LogP contribution in [0, 0.1) is 5.92 Å². The molecule has 2 heterocycles. The number of aromatic nitrogens is 1. The number of methoxy groups -OCH3 is 1. The maximum atomic E-state index is 12.6. The van der Waals surface area contributed by atoms with E-state index in [0.717, 1.165) is 31.7 Å². The smallest absolute Gasteiger partial charge is 0.272 e. The lowest BCUT2D eigenvalue weighted by Gasteiger charge is -2.30. The minimum absolute atomic E-state index is 0.116. The number of ether oxygens (including phenoxy) is 2. The van der Waals surface area contributed by atoms with Gasteiger partial charge in [-0.15, -0.1) is 0 Å². The molecule has 0 saturated carbocycles. The number of piperidine rings is 1. The van der Waals surface area contributed by atoms with Crippen LogP contribution in [0.3, 0.4) is 0 Å². The number of nitrogens with one attached hydrogen (secondary N) is 1. The van der Waals surface area contributed by atoms with Gasteiger partial charge in [-0.1, -0.05) is 13.0 Å². The van der Waals surface area contributed by atoms with Gasteiger partial charge in [0.2, 0.25) is 0 Å². The molecule has 1 aromatic heterocycles. The number of pyridine rings is 1. The first-order chi connectivity index (χ1) is 14.1. The van der Waals surface area contributed by atoms with Crippen molar-refractivity contribution in [3.8, 4) is 11.5 Å². The highest BCUT2D eigenvalue weighted by molar-refractivity contribution is 5.96. The molecule has 0 spiro atoms. The van der Waals surface area contributed by atoms with Crippen molar-refractivity contribution in [3.63, 3.8) is 0 Å². The first-order valence-corrected chi connectivity index (χ1v) is 9.88. The zero-order valence-electron chi connectivity index (χ0n) is 16.9. The van der Waals surface area contributed by atoms with Crippen LogP contribution in [0.1, 0.15) is 40.7 Å². The maximum Gasteiger partial charge on any atom is 0.272 e. The molecule has 1 aromatic carbocycles. The van der Waals surface area contributed by atoms with E-state index in [1.807, 2.05) is 17.0 Å². The third kappa shape index (κ3) is 5.70. The molecule has 7 nitrogen and oxygen atoms in total. The fourth-order valence-electron chi connectivity index (χ4n) is 3.15. The largest absolute Gasteiger partial charge is 0.497 e. The van der Waals surface area contributed by atoms with E-state index in [0.29, 0.717) is 30.5 Å². The van der Waals surface area contributed by atoms with Crippen LogP contribution in [0.25, 0.3) is 0 Å². The lowest BCUT2D eigenvalue weighted by atomic mass is 9.99. The Hall–Kier alpha value is -3.09. The van der Waals surface area contributed by atoms with Gasteiger partial charge in [0.1, 0.15) is 29.5 Å². The van der Waals surface area contributed by atoms with E-state index in [9.17, 15) is 9.59 Å². The molecular formula is C22H27N3O4. The lowest BCUT2D eigenvalue weighted by Crippen LogP contribution is -2.38. The van der Waals surface area contributed by atoms with Gasteiger partial charge < -0.3 is 19.7 Å². The van der Waals surface area contributed by atoms with Crippen molar-refractivity contribution in [1.29, 1.82) is 0 Å². The Balaban J connectivity index is 1.49. The Kier molecular flexibility index (Phi) is 7.05. The lowest BCUT2D eigenvalue weighted by molar-refractivity contribution is 0.0691. The quantitative estimate of drug-likeness (QED) is 0.727. The second-order valence-corrected chi connectivity index (χ2v) is 7.16. The number of carbonyl (C=O) groups excluding carboxylic acids is 2. The van der Waals surface area contributed by atoms with Crippen LogP contribution in [0.15, 0.2) is 42.5 Å². The average Bonchev–Trinajstić information content (AvgIpc) is 2.77. The van der Waals surface area contributed by atoms with Crippen molar-refractivity contribution in [2.75, 3.05) is 33.4 Å². The molecule has 1 aliphatic rings. The summed E-state index contributed by atoms with van der Waals surface area (Å²) in [7, 11) is 1.61. The first-order valence-electron chi connectivity index (χ1n) is 9.88. The molecule has 1 saturated heterocycles.